The van der Waals surface area contributed by atoms with Gasteiger partial charge < -0.3 is 5.32 Å². The quantitative estimate of drug-likeness (QED) is 0.723. The zero-order valence-electron chi connectivity index (χ0n) is 9.53. The molecular weight excluding hydrogens is 233 g/mol. The standard InChI is InChI=1S/C12H9FN5/c1-7-5-10(18-17-7)16-12-11-8(13)3-2-4-9(11)14-6-15-12/h2-5H,1H3,(H2,14,15,16,17,18). The molecule has 6 heteroatoms. The fourth-order valence-electron chi connectivity index (χ4n) is 1.72. The number of hydrogen-bond donors (Lipinski definition) is 2. The van der Waals surface area contributed by atoms with E-state index in [2.05, 4.69) is 31.8 Å². The molecule has 0 aliphatic rings. The molecule has 2 aromatic heterocycles. The van der Waals surface area contributed by atoms with Crippen LogP contribution in [0.2, 0.25) is 0 Å². The van der Waals surface area contributed by atoms with Crippen molar-refractivity contribution in [3.8, 4) is 0 Å². The van der Waals surface area contributed by atoms with Crippen LogP contribution in [0.5, 0.6) is 0 Å². The molecule has 0 unspecified atom stereocenters. The summed E-state index contributed by atoms with van der Waals surface area (Å²) < 4.78 is 13.8. The molecule has 3 rings (SSSR count). The Balaban J connectivity index is 2.11. The smallest absolute Gasteiger partial charge is 0.200 e. The molecule has 0 aliphatic heterocycles. The van der Waals surface area contributed by atoms with E-state index in [0.717, 1.165) is 5.69 Å². The third-order valence-corrected chi connectivity index (χ3v) is 2.51. The molecule has 2 heterocycles. The minimum atomic E-state index is -0.378. The predicted molar refractivity (Wildman–Crippen MR) is 64.9 cm³/mol. The summed E-state index contributed by atoms with van der Waals surface area (Å²) in [6.07, 6.45) is 2.49. The third kappa shape index (κ3) is 1.77. The first kappa shape index (κ1) is 10.6. The Bertz CT molecular complexity index is 701. The lowest BCUT2D eigenvalue weighted by Crippen LogP contribution is -1.98. The highest BCUT2D eigenvalue weighted by Gasteiger charge is 2.09. The van der Waals surface area contributed by atoms with E-state index in [-0.39, 0.29) is 5.82 Å². The molecule has 0 amide bonds. The summed E-state index contributed by atoms with van der Waals surface area (Å²) in [4.78, 5) is 7.84. The van der Waals surface area contributed by atoms with Crippen LogP contribution in [0.15, 0.2) is 24.3 Å². The van der Waals surface area contributed by atoms with Crippen LogP contribution >= 0.6 is 0 Å². The number of rotatable bonds is 2. The zero-order valence-corrected chi connectivity index (χ0v) is 9.53. The van der Waals surface area contributed by atoms with E-state index in [9.17, 15) is 4.39 Å². The molecule has 0 fully saturated rings. The molecule has 0 spiro atoms. The van der Waals surface area contributed by atoms with Crippen LogP contribution < -0.4 is 5.32 Å². The minimum absolute atomic E-state index is 0.330. The summed E-state index contributed by atoms with van der Waals surface area (Å²) in [5.74, 6) is 0.546. The van der Waals surface area contributed by atoms with E-state index < -0.39 is 0 Å². The van der Waals surface area contributed by atoms with Gasteiger partial charge >= 0.3 is 0 Å². The van der Waals surface area contributed by atoms with Gasteiger partial charge in [0.05, 0.1) is 10.9 Å². The Labute approximate surface area is 102 Å². The molecule has 5 nitrogen and oxygen atoms in total. The van der Waals surface area contributed by atoms with Crippen LogP contribution in [0.25, 0.3) is 10.9 Å². The van der Waals surface area contributed by atoms with Gasteiger partial charge in [0.15, 0.2) is 12.1 Å². The highest BCUT2D eigenvalue weighted by molar-refractivity contribution is 5.90. The van der Waals surface area contributed by atoms with Crippen molar-refractivity contribution in [2.24, 2.45) is 0 Å². The summed E-state index contributed by atoms with van der Waals surface area (Å²) in [5, 5.41) is 10.1. The zero-order chi connectivity index (χ0) is 12.5. The van der Waals surface area contributed by atoms with Gasteiger partial charge in [0.2, 0.25) is 0 Å². The van der Waals surface area contributed by atoms with Crippen LogP contribution in [-0.2, 0) is 0 Å². The molecule has 1 radical (unpaired) electrons. The molecule has 2 N–H and O–H groups in total. The maximum atomic E-state index is 13.8. The summed E-state index contributed by atoms with van der Waals surface area (Å²) >= 11 is 0. The molecule has 0 atom stereocenters. The van der Waals surface area contributed by atoms with Crippen molar-refractivity contribution < 1.29 is 4.39 Å². The first-order chi connectivity index (χ1) is 8.74. The van der Waals surface area contributed by atoms with Crippen molar-refractivity contribution >= 4 is 22.5 Å². The number of fused-ring (bicyclic) bond motifs is 1. The maximum Gasteiger partial charge on any atom is 0.200 e. The van der Waals surface area contributed by atoms with Crippen LogP contribution in [0, 0.1) is 19.1 Å². The molecule has 1 aromatic carbocycles. The Morgan fingerprint density at radius 1 is 1.33 bits per heavy atom. The molecule has 18 heavy (non-hydrogen) atoms. The van der Waals surface area contributed by atoms with Crippen molar-refractivity contribution in [3.05, 3.63) is 42.1 Å². The second-order valence-electron chi connectivity index (χ2n) is 3.87. The van der Waals surface area contributed by atoms with Gasteiger partial charge in [0.1, 0.15) is 11.6 Å². The van der Waals surface area contributed by atoms with Crippen LogP contribution in [0.4, 0.5) is 16.0 Å². The lowest BCUT2D eigenvalue weighted by Gasteiger charge is -2.05. The van der Waals surface area contributed by atoms with E-state index >= 15 is 0 Å². The average Bonchev–Trinajstić information content (AvgIpc) is 2.75. The van der Waals surface area contributed by atoms with Crippen LogP contribution in [0.1, 0.15) is 5.69 Å². The SMILES string of the molecule is Cc1cc(Nc2n[c]nc3cccc(F)c23)n[nH]1. The minimum Gasteiger partial charge on any atom is -0.323 e. The fraction of sp³-hybridized carbons (Fsp3) is 0.0833. The molecule has 0 saturated carbocycles. The molecule has 3 aromatic rings. The monoisotopic (exact) mass is 242 g/mol. The number of hydrogen-bond acceptors (Lipinski definition) is 4. The van der Waals surface area contributed by atoms with Crippen molar-refractivity contribution in [3.63, 3.8) is 0 Å². The van der Waals surface area contributed by atoms with E-state index in [0.29, 0.717) is 22.5 Å². The Morgan fingerprint density at radius 2 is 2.22 bits per heavy atom. The Kier molecular flexibility index (Phi) is 2.40. The van der Waals surface area contributed by atoms with Gasteiger partial charge in [-0.25, -0.2) is 14.4 Å². The molecule has 0 aliphatic carbocycles. The normalized spacial score (nSPS) is 10.8. The number of halogens is 1. The average molecular weight is 242 g/mol. The van der Waals surface area contributed by atoms with Gasteiger partial charge in [-0.1, -0.05) is 6.07 Å². The topological polar surface area (TPSA) is 66.5 Å². The van der Waals surface area contributed by atoms with Crippen molar-refractivity contribution in [1.29, 1.82) is 0 Å². The van der Waals surface area contributed by atoms with E-state index in [1.165, 1.54) is 6.07 Å². The number of aromatic amines is 1. The molecule has 0 bridgehead atoms. The van der Waals surface area contributed by atoms with E-state index in [1.54, 1.807) is 18.2 Å². The van der Waals surface area contributed by atoms with E-state index in [1.807, 2.05) is 6.92 Å². The number of aromatic nitrogens is 4. The lowest BCUT2D eigenvalue weighted by atomic mass is 10.2. The molecule has 89 valence electrons. The summed E-state index contributed by atoms with van der Waals surface area (Å²) in [5.41, 5.74) is 1.40. The van der Waals surface area contributed by atoms with Gasteiger partial charge in [0.25, 0.3) is 0 Å². The second kappa shape index (κ2) is 4.06. The number of H-pyrrole nitrogens is 1. The fourth-order valence-corrected chi connectivity index (χ4v) is 1.72. The first-order valence-electron chi connectivity index (χ1n) is 5.35. The van der Waals surface area contributed by atoms with Crippen molar-refractivity contribution in [2.45, 2.75) is 6.92 Å². The predicted octanol–water partition coefficient (Wildman–Crippen LogP) is 2.34. The van der Waals surface area contributed by atoms with Gasteiger partial charge in [-0.05, 0) is 19.1 Å². The Hall–Kier alpha value is -2.50. The van der Waals surface area contributed by atoms with Gasteiger partial charge in [-0.15, -0.1) is 0 Å². The highest BCUT2D eigenvalue weighted by Crippen LogP contribution is 2.24. The van der Waals surface area contributed by atoms with Crippen LogP contribution in [0.3, 0.4) is 0 Å². The van der Waals surface area contributed by atoms with Crippen LogP contribution in [-0.4, -0.2) is 20.2 Å². The van der Waals surface area contributed by atoms with Gasteiger partial charge in [-0.3, -0.25) is 5.10 Å². The number of nitrogens with one attached hydrogen (secondary N) is 2. The Morgan fingerprint density at radius 3 is 3.00 bits per heavy atom. The molecular formula is C12H9FN5. The highest BCUT2D eigenvalue weighted by atomic mass is 19.1. The summed E-state index contributed by atoms with van der Waals surface area (Å²) in [6.45, 7) is 1.88. The van der Waals surface area contributed by atoms with E-state index in [4.69, 9.17) is 0 Å². The van der Waals surface area contributed by atoms with Gasteiger partial charge in [-0.2, -0.15) is 5.10 Å². The number of nitrogens with zero attached hydrogens (tertiary/aromatic N) is 3. The summed E-state index contributed by atoms with van der Waals surface area (Å²) in [6, 6.07) is 6.47. The number of anilines is 2. The second-order valence-corrected chi connectivity index (χ2v) is 3.87. The third-order valence-electron chi connectivity index (χ3n) is 2.51. The van der Waals surface area contributed by atoms with Crippen molar-refractivity contribution in [1.82, 2.24) is 20.2 Å². The largest absolute Gasteiger partial charge is 0.323 e. The maximum absolute atomic E-state index is 13.8. The number of aryl methyl sites for hydroxylation is 1. The lowest BCUT2D eigenvalue weighted by molar-refractivity contribution is 0.639. The van der Waals surface area contributed by atoms with Gasteiger partial charge in [0, 0.05) is 11.8 Å². The molecule has 0 saturated heterocycles. The first-order valence-corrected chi connectivity index (χ1v) is 5.35. The number of benzene rings is 1. The summed E-state index contributed by atoms with van der Waals surface area (Å²) in [7, 11) is 0. The van der Waals surface area contributed by atoms with Crippen molar-refractivity contribution in [2.75, 3.05) is 5.32 Å².